The number of hydrogen-bond donors (Lipinski definition) is 2. The molecular weight excluding hydrogens is 554 g/mol. The van der Waals surface area contributed by atoms with Crippen LogP contribution in [0.4, 0.5) is 0 Å². The number of carbonyl (C=O) groups excluding carboxylic acids is 1. The summed E-state index contributed by atoms with van der Waals surface area (Å²) in [5.41, 5.74) is 2.05. The molecule has 0 saturated heterocycles. The van der Waals surface area contributed by atoms with Gasteiger partial charge in [0.05, 0.1) is 13.1 Å². The van der Waals surface area contributed by atoms with Crippen molar-refractivity contribution in [1.82, 2.24) is 4.90 Å². The van der Waals surface area contributed by atoms with E-state index in [-0.39, 0.29) is 11.5 Å². The van der Waals surface area contributed by atoms with Crippen molar-refractivity contribution in [3.05, 3.63) is 11.6 Å². The van der Waals surface area contributed by atoms with Crippen molar-refractivity contribution >= 4 is 17.9 Å². The van der Waals surface area contributed by atoms with Gasteiger partial charge in [0.1, 0.15) is 12.1 Å². The van der Waals surface area contributed by atoms with Gasteiger partial charge in [-0.1, -0.05) is 85.3 Å². The number of ether oxygens (including phenoxy) is 1. The molecule has 7 nitrogen and oxygen atoms in total. The number of allylic oxidation sites excluding steroid dienone is 1. The molecule has 0 heterocycles. The molecule has 0 aromatic rings. The zero-order valence-electron chi connectivity index (χ0n) is 28.5. The summed E-state index contributed by atoms with van der Waals surface area (Å²) >= 11 is 0. The first-order valence-corrected chi connectivity index (χ1v) is 17.9. The van der Waals surface area contributed by atoms with Gasteiger partial charge in [-0.05, 0) is 97.7 Å². The molecule has 0 amide bonds. The lowest BCUT2D eigenvalue weighted by Crippen LogP contribution is -2.51. The molecule has 4 unspecified atom stereocenters. The minimum Gasteiger partial charge on any atom is -0.480 e. The van der Waals surface area contributed by atoms with E-state index >= 15 is 0 Å². The molecule has 9 atom stereocenters. The average Bonchev–Trinajstić information content (AvgIpc) is 3.30. The molecule has 44 heavy (non-hydrogen) atoms. The SMILES string of the molecule is CCCC[C@@H](C(=O)OC1CC[C@@]2(C)C(=CCC3C2CC[C@@]2(C)C3CC[C@@H]2[C@H](C)CCCC(C)C)C1)N(CC(=O)O)CC(=O)O. The van der Waals surface area contributed by atoms with E-state index < -0.39 is 37.0 Å². The minimum absolute atomic E-state index is 0.147. The summed E-state index contributed by atoms with van der Waals surface area (Å²) in [5, 5.41) is 18.8. The minimum atomic E-state index is -1.14. The molecule has 4 aliphatic carbocycles. The maximum atomic E-state index is 13.5. The van der Waals surface area contributed by atoms with E-state index in [1.165, 1.54) is 55.4 Å². The Hall–Kier alpha value is -1.89. The van der Waals surface area contributed by atoms with E-state index in [0.29, 0.717) is 24.2 Å². The van der Waals surface area contributed by atoms with Gasteiger partial charge in [0, 0.05) is 6.42 Å². The zero-order chi connectivity index (χ0) is 32.2. The standard InChI is InChI=1S/C37H61NO6/c1-7-8-12-32(38(22-33(39)40)23-34(41)42)35(43)44-27-17-19-36(5)26(21-27)13-14-28-30-16-15-29(25(4)11-9-10-24(2)3)37(30,6)20-18-31(28)36/h13,24-25,27-32H,7-12,14-23H2,1-6H3,(H,39,40)(H,41,42)/t25-,27?,28?,29-,30?,31?,32+,36+,37-/m1/s1. The number of rotatable bonds is 15. The van der Waals surface area contributed by atoms with Crippen molar-refractivity contribution in [1.29, 1.82) is 0 Å². The van der Waals surface area contributed by atoms with Crippen LogP contribution in [0.15, 0.2) is 11.6 Å². The Morgan fingerprint density at radius 2 is 1.64 bits per heavy atom. The second-order valence-electron chi connectivity index (χ2n) is 15.9. The van der Waals surface area contributed by atoms with Crippen molar-refractivity contribution in [2.24, 2.45) is 46.3 Å². The van der Waals surface area contributed by atoms with Gasteiger partial charge in [-0.15, -0.1) is 0 Å². The second-order valence-corrected chi connectivity index (χ2v) is 15.9. The zero-order valence-corrected chi connectivity index (χ0v) is 28.5. The number of fused-ring (bicyclic) bond motifs is 5. The first-order chi connectivity index (χ1) is 20.8. The van der Waals surface area contributed by atoms with Crippen molar-refractivity contribution in [3.8, 4) is 0 Å². The van der Waals surface area contributed by atoms with Crippen molar-refractivity contribution in [2.75, 3.05) is 13.1 Å². The van der Waals surface area contributed by atoms with E-state index in [0.717, 1.165) is 61.7 Å². The number of carboxylic acid groups (broad SMARTS) is 2. The van der Waals surface area contributed by atoms with Crippen molar-refractivity contribution in [2.45, 2.75) is 144 Å². The van der Waals surface area contributed by atoms with Gasteiger partial charge in [-0.2, -0.15) is 0 Å². The Kier molecular flexibility index (Phi) is 11.7. The number of carboxylic acids is 2. The van der Waals surface area contributed by atoms with Gasteiger partial charge >= 0.3 is 17.9 Å². The van der Waals surface area contributed by atoms with Crippen LogP contribution in [0.1, 0.15) is 131 Å². The van der Waals surface area contributed by atoms with Crippen LogP contribution in [-0.4, -0.2) is 58.3 Å². The maximum Gasteiger partial charge on any atom is 0.323 e. The maximum absolute atomic E-state index is 13.5. The normalized spacial score (nSPS) is 34.5. The summed E-state index contributed by atoms with van der Waals surface area (Å²) in [6.45, 7) is 13.3. The van der Waals surface area contributed by atoms with Gasteiger partial charge in [-0.25, -0.2) is 0 Å². The summed E-state index contributed by atoms with van der Waals surface area (Å²) < 4.78 is 6.09. The number of nitrogens with zero attached hydrogens (tertiary/aromatic N) is 1. The Bertz CT molecular complexity index is 1040. The fraction of sp³-hybridized carbons (Fsp3) is 0.865. The van der Waals surface area contributed by atoms with Crippen LogP contribution in [0.2, 0.25) is 0 Å². The molecule has 250 valence electrons. The van der Waals surface area contributed by atoms with Gasteiger partial charge in [0.25, 0.3) is 0 Å². The summed E-state index contributed by atoms with van der Waals surface area (Å²) in [6.07, 6.45) is 17.3. The fourth-order valence-electron chi connectivity index (χ4n) is 10.5. The van der Waals surface area contributed by atoms with E-state index in [4.69, 9.17) is 4.74 Å². The average molecular weight is 616 g/mol. The van der Waals surface area contributed by atoms with Crippen LogP contribution in [-0.2, 0) is 19.1 Å². The lowest BCUT2D eigenvalue weighted by Gasteiger charge is -2.58. The highest BCUT2D eigenvalue weighted by Crippen LogP contribution is 2.67. The molecule has 4 rings (SSSR count). The van der Waals surface area contributed by atoms with Gasteiger partial charge in [-0.3, -0.25) is 19.3 Å². The van der Waals surface area contributed by atoms with Gasteiger partial charge < -0.3 is 14.9 Å². The monoisotopic (exact) mass is 615 g/mol. The summed E-state index contributed by atoms with van der Waals surface area (Å²) in [4.78, 5) is 37.7. The van der Waals surface area contributed by atoms with Crippen LogP contribution in [0.3, 0.4) is 0 Å². The van der Waals surface area contributed by atoms with E-state index in [2.05, 4.69) is 40.7 Å². The first-order valence-electron chi connectivity index (χ1n) is 17.9. The van der Waals surface area contributed by atoms with E-state index in [1.807, 2.05) is 6.92 Å². The number of hydrogen-bond acceptors (Lipinski definition) is 5. The molecule has 0 aromatic heterocycles. The largest absolute Gasteiger partial charge is 0.480 e. The number of esters is 1. The van der Waals surface area contributed by atoms with Crippen LogP contribution >= 0.6 is 0 Å². The third-order valence-electron chi connectivity index (χ3n) is 12.8. The third-order valence-corrected chi connectivity index (χ3v) is 12.8. The molecule has 0 aliphatic heterocycles. The predicted octanol–water partition coefficient (Wildman–Crippen LogP) is 7.97. The molecule has 2 N–H and O–H groups in total. The first kappa shape index (κ1) is 35.0. The molecule has 7 heteroatoms. The van der Waals surface area contributed by atoms with Gasteiger partial charge in [0.15, 0.2) is 0 Å². The van der Waals surface area contributed by atoms with Crippen LogP contribution < -0.4 is 0 Å². The number of unbranched alkanes of at least 4 members (excludes halogenated alkanes) is 1. The third kappa shape index (κ3) is 7.56. The number of aliphatic carboxylic acids is 2. The highest BCUT2D eigenvalue weighted by Gasteiger charge is 2.59. The Labute approximate surface area is 266 Å². The molecular formula is C37H61NO6. The van der Waals surface area contributed by atoms with Crippen molar-refractivity contribution < 1.29 is 29.3 Å². The summed E-state index contributed by atoms with van der Waals surface area (Å²) in [6, 6.07) is -0.862. The quantitative estimate of drug-likeness (QED) is 0.142. The summed E-state index contributed by atoms with van der Waals surface area (Å²) in [7, 11) is 0. The molecule has 3 fully saturated rings. The summed E-state index contributed by atoms with van der Waals surface area (Å²) in [5.74, 6) is 1.91. The Morgan fingerprint density at radius 3 is 2.27 bits per heavy atom. The lowest BCUT2D eigenvalue weighted by molar-refractivity contribution is -0.160. The second kappa shape index (κ2) is 14.7. The fourth-order valence-corrected chi connectivity index (χ4v) is 10.5. The van der Waals surface area contributed by atoms with Crippen LogP contribution in [0.25, 0.3) is 0 Å². The number of carbonyl (C=O) groups is 3. The molecule has 4 aliphatic rings. The van der Waals surface area contributed by atoms with E-state index in [1.54, 1.807) is 0 Å². The van der Waals surface area contributed by atoms with Crippen molar-refractivity contribution in [3.63, 3.8) is 0 Å². The topological polar surface area (TPSA) is 104 Å². The molecule has 0 bridgehead atoms. The highest BCUT2D eigenvalue weighted by atomic mass is 16.5. The van der Waals surface area contributed by atoms with Crippen LogP contribution in [0.5, 0.6) is 0 Å². The van der Waals surface area contributed by atoms with E-state index in [9.17, 15) is 24.6 Å². The molecule has 3 saturated carbocycles. The lowest BCUT2D eigenvalue weighted by atomic mass is 9.47. The Morgan fingerprint density at radius 1 is 0.932 bits per heavy atom. The Balaban J connectivity index is 1.43. The molecule has 0 aromatic carbocycles. The molecule has 0 radical (unpaired) electrons. The molecule has 0 spiro atoms. The highest BCUT2D eigenvalue weighted by molar-refractivity contribution is 5.79. The van der Waals surface area contributed by atoms with Gasteiger partial charge in [0.2, 0.25) is 0 Å². The predicted molar refractivity (Wildman–Crippen MR) is 173 cm³/mol. The smallest absolute Gasteiger partial charge is 0.323 e. The van der Waals surface area contributed by atoms with Crippen LogP contribution in [0, 0.1) is 46.3 Å².